The molecule has 3 heterocycles. The second-order valence-electron chi connectivity index (χ2n) is 5.99. The fourth-order valence-corrected chi connectivity index (χ4v) is 2.42. The van der Waals surface area contributed by atoms with Gasteiger partial charge in [-0.05, 0) is 18.2 Å². The quantitative estimate of drug-likeness (QED) is 0.640. The highest BCUT2D eigenvalue weighted by molar-refractivity contribution is 5.59. The van der Waals surface area contributed by atoms with E-state index in [4.69, 9.17) is 4.74 Å². The summed E-state index contributed by atoms with van der Waals surface area (Å²) < 4.78 is 83.9. The summed E-state index contributed by atoms with van der Waals surface area (Å²) in [6.07, 6.45) is -3.97. The molecular weight excluding hydrogens is 380 g/mol. The van der Waals surface area contributed by atoms with E-state index in [1.54, 1.807) is 0 Å². The molecule has 0 radical (unpaired) electrons. The lowest BCUT2D eigenvalue weighted by atomic mass is 10.2. The summed E-state index contributed by atoms with van der Waals surface area (Å²) >= 11 is 0. The molecule has 27 heavy (non-hydrogen) atoms. The molecule has 0 amide bonds. The molecule has 1 aliphatic rings. The van der Waals surface area contributed by atoms with Gasteiger partial charge in [-0.3, -0.25) is 0 Å². The zero-order chi connectivity index (χ0) is 19.4. The van der Waals surface area contributed by atoms with Gasteiger partial charge in [-0.15, -0.1) is 10.2 Å². The highest BCUT2D eigenvalue weighted by Gasteiger charge is 2.57. The highest BCUT2D eigenvalue weighted by Crippen LogP contribution is 2.48. The Morgan fingerprint density at radius 3 is 2.59 bits per heavy atom. The first-order chi connectivity index (χ1) is 12.6. The van der Waals surface area contributed by atoms with Crippen LogP contribution in [0.5, 0.6) is 5.88 Å². The first-order valence-electron chi connectivity index (χ1n) is 7.61. The molecule has 0 saturated heterocycles. The van der Waals surface area contributed by atoms with Gasteiger partial charge in [0.05, 0.1) is 18.2 Å². The lowest BCUT2D eigenvalue weighted by Gasteiger charge is -2.08. The third-order valence-electron chi connectivity index (χ3n) is 4.00. The number of aromatic nitrogens is 5. The predicted octanol–water partition coefficient (Wildman–Crippen LogP) is 3.38. The summed E-state index contributed by atoms with van der Waals surface area (Å²) in [5.74, 6) is -6.51. The van der Waals surface area contributed by atoms with Gasteiger partial charge < -0.3 is 4.74 Å². The Labute approximate surface area is 146 Å². The van der Waals surface area contributed by atoms with E-state index in [9.17, 15) is 26.3 Å². The molecule has 0 aliphatic heterocycles. The summed E-state index contributed by atoms with van der Waals surface area (Å²) in [6, 6.07) is 3.51. The fraction of sp³-hybridized carbons (Fsp3) is 0.333. The smallest absolute Gasteiger partial charge is 0.453 e. The maximum Gasteiger partial charge on any atom is 0.453 e. The van der Waals surface area contributed by atoms with E-state index in [0.29, 0.717) is 4.52 Å². The molecule has 6 nitrogen and oxygen atoms in total. The van der Waals surface area contributed by atoms with Crippen molar-refractivity contribution in [2.75, 3.05) is 6.61 Å². The summed E-state index contributed by atoms with van der Waals surface area (Å²) in [4.78, 5) is 3.70. The molecular formula is C15H9F6N5O. The topological polar surface area (TPSA) is 65.2 Å². The van der Waals surface area contributed by atoms with Crippen LogP contribution in [-0.4, -0.2) is 37.3 Å². The van der Waals surface area contributed by atoms with Gasteiger partial charge in [-0.1, -0.05) is 0 Å². The molecule has 1 atom stereocenters. The monoisotopic (exact) mass is 389 g/mol. The van der Waals surface area contributed by atoms with Crippen molar-refractivity contribution in [3.05, 3.63) is 36.0 Å². The van der Waals surface area contributed by atoms with E-state index in [0.717, 1.165) is 12.3 Å². The molecule has 4 rings (SSSR count). The number of rotatable bonds is 4. The summed E-state index contributed by atoms with van der Waals surface area (Å²) in [5.41, 5.74) is -0.0791. The highest BCUT2D eigenvalue weighted by atomic mass is 19.4. The first kappa shape index (κ1) is 17.5. The van der Waals surface area contributed by atoms with Crippen molar-refractivity contribution in [3.63, 3.8) is 0 Å². The van der Waals surface area contributed by atoms with E-state index < -0.39 is 35.5 Å². The molecule has 142 valence electrons. The van der Waals surface area contributed by atoms with Gasteiger partial charge in [-0.25, -0.2) is 18.2 Å². The van der Waals surface area contributed by atoms with Gasteiger partial charge in [0.15, 0.2) is 11.5 Å². The first-order valence-corrected chi connectivity index (χ1v) is 7.61. The van der Waals surface area contributed by atoms with Gasteiger partial charge in [-0.2, -0.15) is 22.8 Å². The molecule has 12 heteroatoms. The second kappa shape index (κ2) is 5.79. The van der Waals surface area contributed by atoms with E-state index in [-0.39, 0.29) is 29.9 Å². The van der Waals surface area contributed by atoms with Crippen molar-refractivity contribution in [2.45, 2.75) is 18.5 Å². The van der Waals surface area contributed by atoms with E-state index in [1.807, 2.05) is 0 Å². The van der Waals surface area contributed by atoms with Crippen molar-refractivity contribution in [1.82, 2.24) is 24.8 Å². The van der Waals surface area contributed by atoms with Crippen LogP contribution in [0.25, 0.3) is 16.9 Å². The van der Waals surface area contributed by atoms with E-state index in [1.165, 1.54) is 12.1 Å². The number of fused-ring (bicyclic) bond motifs is 1. The lowest BCUT2D eigenvalue weighted by Crippen LogP contribution is -2.12. The second-order valence-corrected chi connectivity index (χ2v) is 5.99. The normalized spacial score (nSPS) is 18.7. The van der Waals surface area contributed by atoms with Gasteiger partial charge >= 0.3 is 6.18 Å². The molecule has 0 N–H and O–H groups in total. The standard InChI is InChI=1S/C15H9F6N5O/c16-9-3-7(5-22-12(9)27-6-8-4-14(8,17)18)10-1-2-11-23-24-13(15(19,20)21)26(11)25-10/h1-3,5,8H,4,6H2. The van der Waals surface area contributed by atoms with Crippen molar-refractivity contribution in [2.24, 2.45) is 5.92 Å². The van der Waals surface area contributed by atoms with Crippen LogP contribution in [0.1, 0.15) is 12.2 Å². The Morgan fingerprint density at radius 2 is 1.96 bits per heavy atom. The van der Waals surface area contributed by atoms with Crippen molar-refractivity contribution < 1.29 is 31.1 Å². The minimum atomic E-state index is -4.77. The van der Waals surface area contributed by atoms with Crippen molar-refractivity contribution in [3.8, 4) is 17.1 Å². The van der Waals surface area contributed by atoms with Gasteiger partial charge in [0, 0.05) is 18.2 Å². The number of nitrogens with zero attached hydrogens (tertiary/aromatic N) is 5. The maximum absolute atomic E-state index is 14.1. The molecule has 1 fully saturated rings. The van der Waals surface area contributed by atoms with Crippen molar-refractivity contribution in [1.29, 1.82) is 0 Å². The van der Waals surface area contributed by atoms with Crippen LogP contribution in [0.3, 0.4) is 0 Å². The summed E-state index contributed by atoms with van der Waals surface area (Å²) in [5, 5.41) is 10.2. The minimum absolute atomic E-state index is 0.0144. The molecule has 0 aromatic carbocycles. The third-order valence-corrected chi connectivity index (χ3v) is 4.00. The molecule has 1 aliphatic carbocycles. The Balaban J connectivity index is 1.60. The number of alkyl halides is 5. The number of hydrogen-bond acceptors (Lipinski definition) is 5. The molecule has 1 saturated carbocycles. The van der Waals surface area contributed by atoms with Crippen LogP contribution in [-0.2, 0) is 6.18 Å². The Kier molecular flexibility index (Phi) is 3.75. The number of ether oxygens (including phenoxy) is 1. The van der Waals surface area contributed by atoms with Gasteiger partial charge in [0.25, 0.3) is 11.7 Å². The third kappa shape index (κ3) is 3.26. The molecule has 3 aromatic rings. The molecule has 1 unspecified atom stereocenters. The number of pyridine rings is 1. The SMILES string of the molecule is Fc1cc(-c2ccc3nnc(C(F)(F)F)n3n2)cnc1OCC1CC1(F)F. The van der Waals surface area contributed by atoms with Crippen molar-refractivity contribution >= 4 is 5.65 Å². The average Bonchev–Trinajstić information content (AvgIpc) is 3.01. The van der Waals surface area contributed by atoms with Gasteiger partial charge in [0.1, 0.15) is 0 Å². The van der Waals surface area contributed by atoms with Crippen LogP contribution in [0.2, 0.25) is 0 Å². The van der Waals surface area contributed by atoms with Crippen LogP contribution in [0.15, 0.2) is 24.4 Å². The predicted molar refractivity (Wildman–Crippen MR) is 77.5 cm³/mol. The average molecular weight is 389 g/mol. The molecule has 0 spiro atoms. The minimum Gasteiger partial charge on any atom is -0.475 e. The van der Waals surface area contributed by atoms with Crippen LogP contribution < -0.4 is 4.74 Å². The number of halogens is 6. The number of hydrogen-bond donors (Lipinski definition) is 0. The Bertz CT molecular complexity index is 1020. The van der Waals surface area contributed by atoms with E-state index >= 15 is 0 Å². The largest absolute Gasteiger partial charge is 0.475 e. The summed E-state index contributed by atoms with van der Waals surface area (Å²) in [7, 11) is 0. The molecule has 0 bridgehead atoms. The summed E-state index contributed by atoms with van der Waals surface area (Å²) in [6.45, 7) is -0.379. The molecule has 3 aromatic heterocycles. The van der Waals surface area contributed by atoms with Crippen LogP contribution in [0, 0.1) is 11.7 Å². The zero-order valence-corrected chi connectivity index (χ0v) is 13.2. The fourth-order valence-electron chi connectivity index (χ4n) is 2.42. The van der Waals surface area contributed by atoms with E-state index in [2.05, 4.69) is 20.3 Å². The van der Waals surface area contributed by atoms with Crippen LogP contribution in [0.4, 0.5) is 26.3 Å². The Morgan fingerprint density at radius 1 is 1.22 bits per heavy atom. The maximum atomic E-state index is 14.1. The van der Waals surface area contributed by atoms with Gasteiger partial charge in [0.2, 0.25) is 5.88 Å². The lowest BCUT2D eigenvalue weighted by molar-refractivity contribution is -0.146. The zero-order valence-electron chi connectivity index (χ0n) is 13.2. The van der Waals surface area contributed by atoms with Crippen LogP contribution >= 0.6 is 0 Å². The Hall–Kier alpha value is -2.92.